The first kappa shape index (κ1) is 12.8. The minimum atomic E-state index is -0.782. The largest absolute Gasteiger partial charge is 0.481 e. The quantitative estimate of drug-likeness (QED) is 0.663. The second-order valence-electron chi connectivity index (χ2n) is 3.88. The summed E-state index contributed by atoms with van der Waals surface area (Å²) in [7, 11) is 0. The van der Waals surface area contributed by atoms with E-state index in [1.165, 1.54) is 23.7 Å². The van der Waals surface area contributed by atoms with Crippen LogP contribution in [-0.4, -0.2) is 26.8 Å². The molecule has 2 aromatic rings. The standard InChI is InChI=1S/C13H14N2O2S/c1-2-9-3-4-11-10(7-9)13(15-8-14-11)18-6-5-12(16)17/h3-4,7-8H,2,5-6H2,1H3,(H,16,17). The topological polar surface area (TPSA) is 63.1 Å². The number of hydrogen-bond acceptors (Lipinski definition) is 4. The summed E-state index contributed by atoms with van der Waals surface area (Å²) >= 11 is 1.47. The fraction of sp³-hybridized carbons (Fsp3) is 0.308. The highest BCUT2D eigenvalue weighted by molar-refractivity contribution is 7.99. The van der Waals surface area contributed by atoms with Gasteiger partial charge < -0.3 is 5.11 Å². The number of nitrogens with zero attached hydrogens (tertiary/aromatic N) is 2. The maximum absolute atomic E-state index is 10.5. The molecule has 0 spiro atoms. The first-order chi connectivity index (χ1) is 8.70. The van der Waals surface area contributed by atoms with Crippen LogP contribution in [0.1, 0.15) is 18.9 Å². The molecule has 1 heterocycles. The number of hydrogen-bond donors (Lipinski definition) is 1. The molecule has 0 aliphatic heterocycles. The van der Waals surface area contributed by atoms with Gasteiger partial charge in [0, 0.05) is 11.1 Å². The average Bonchev–Trinajstić information content (AvgIpc) is 2.38. The molecule has 0 unspecified atom stereocenters. The van der Waals surface area contributed by atoms with Crippen LogP contribution >= 0.6 is 11.8 Å². The summed E-state index contributed by atoms with van der Waals surface area (Å²) in [6.45, 7) is 2.10. The van der Waals surface area contributed by atoms with Gasteiger partial charge in [-0.2, -0.15) is 0 Å². The molecule has 0 saturated heterocycles. The molecule has 1 N–H and O–H groups in total. The molecular weight excluding hydrogens is 248 g/mol. The normalized spacial score (nSPS) is 10.7. The van der Waals surface area contributed by atoms with Gasteiger partial charge in [-0.05, 0) is 24.1 Å². The number of carboxylic acids is 1. The zero-order valence-corrected chi connectivity index (χ0v) is 10.9. The van der Waals surface area contributed by atoms with Crippen LogP contribution in [-0.2, 0) is 11.2 Å². The summed E-state index contributed by atoms with van der Waals surface area (Å²) in [4.78, 5) is 19.0. The molecule has 4 nitrogen and oxygen atoms in total. The molecule has 0 amide bonds. The number of rotatable bonds is 5. The molecule has 0 bridgehead atoms. The van der Waals surface area contributed by atoms with E-state index in [0.29, 0.717) is 5.75 Å². The first-order valence-corrected chi connectivity index (χ1v) is 6.77. The van der Waals surface area contributed by atoms with Crippen LogP contribution in [0, 0.1) is 0 Å². The lowest BCUT2D eigenvalue weighted by Crippen LogP contribution is -1.97. The zero-order valence-electron chi connectivity index (χ0n) is 10.1. The minimum Gasteiger partial charge on any atom is -0.481 e. The average molecular weight is 262 g/mol. The van der Waals surface area contributed by atoms with Gasteiger partial charge in [0.1, 0.15) is 11.4 Å². The Balaban J connectivity index is 2.28. The van der Waals surface area contributed by atoms with E-state index in [1.54, 1.807) is 0 Å². The van der Waals surface area contributed by atoms with E-state index in [9.17, 15) is 4.79 Å². The summed E-state index contributed by atoms with van der Waals surface area (Å²) in [5.41, 5.74) is 2.14. The van der Waals surface area contributed by atoms with Crippen LogP contribution in [0.15, 0.2) is 29.6 Å². The maximum Gasteiger partial charge on any atom is 0.304 e. The Kier molecular flexibility index (Phi) is 4.15. The zero-order chi connectivity index (χ0) is 13.0. The third kappa shape index (κ3) is 2.98. The molecule has 5 heteroatoms. The van der Waals surface area contributed by atoms with Gasteiger partial charge in [-0.1, -0.05) is 13.0 Å². The fourth-order valence-corrected chi connectivity index (χ4v) is 2.56. The van der Waals surface area contributed by atoms with E-state index in [0.717, 1.165) is 22.3 Å². The lowest BCUT2D eigenvalue weighted by Gasteiger charge is -2.05. The van der Waals surface area contributed by atoms with Crippen LogP contribution in [0.25, 0.3) is 10.9 Å². The molecule has 0 aliphatic rings. The molecule has 0 atom stereocenters. The summed E-state index contributed by atoms with van der Waals surface area (Å²) < 4.78 is 0. The minimum absolute atomic E-state index is 0.142. The lowest BCUT2D eigenvalue weighted by atomic mass is 10.1. The number of aromatic nitrogens is 2. The van der Waals surface area contributed by atoms with Crippen molar-refractivity contribution >= 4 is 28.6 Å². The highest BCUT2D eigenvalue weighted by Crippen LogP contribution is 2.25. The SMILES string of the molecule is CCc1ccc2ncnc(SCCC(=O)O)c2c1. The summed E-state index contributed by atoms with van der Waals surface area (Å²) in [6, 6.07) is 6.12. The number of aliphatic carboxylic acids is 1. The van der Waals surface area contributed by atoms with Crippen molar-refractivity contribution < 1.29 is 9.90 Å². The van der Waals surface area contributed by atoms with Crippen LogP contribution in [0.2, 0.25) is 0 Å². The van der Waals surface area contributed by atoms with E-state index >= 15 is 0 Å². The molecule has 18 heavy (non-hydrogen) atoms. The van der Waals surface area contributed by atoms with E-state index in [4.69, 9.17) is 5.11 Å². The monoisotopic (exact) mass is 262 g/mol. The molecule has 0 aliphatic carbocycles. The Hall–Kier alpha value is -1.62. The van der Waals surface area contributed by atoms with Crippen LogP contribution in [0.5, 0.6) is 0 Å². The van der Waals surface area contributed by atoms with E-state index in [-0.39, 0.29) is 6.42 Å². The molecule has 94 valence electrons. The Morgan fingerprint density at radius 2 is 2.22 bits per heavy atom. The van der Waals surface area contributed by atoms with Crippen molar-refractivity contribution in [3.05, 3.63) is 30.1 Å². The third-order valence-electron chi connectivity index (χ3n) is 2.63. The van der Waals surface area contributed by atoms with Crippen molar-refractivity contribution in [2.24, 2.45) is 0 Å². The Morgan fingerprint density at radius 1 is 1.39 bits per heavy atom. The van der Waals surface area contributed by atoms with Gasteiger partial charge in [0.15, 0.2) is 0 Å². The van der Waals surface area contributed by atoms with Crippen molar-refractivity contribution in [2.75, 3.05) is 5.75 Å². The smallest absolute Gasteiger partial charge is 0.304 e. The number of carboxylic acid groups (broad SMARTS) is 1. The third-order valence-corrected chi connectivity index (χ3v) is 3.63. The van der Waals surface area contributed by atoms with Gasteiger partial charge in [0.05, 0.1) is 11.9 Å². The Bertz CT molecular complexity index is 572. The lowest BCUT2D eigenvalue weighted by molar-refractivity contribution is -0.136. The van der Waals surface area contributed by atoms with Gasteiger partial charge in [-0.25, -0.2) is 9.97 Å². The Morgan fingerprint density at radius 3 is 2.94 bits per heavy atom. The van der Waals surface area contributed by atoms with Crippen molar-refractivity contribution in [3.8, 4) is 0 Å². The molecule has 1 aromatic carbocycles. The number of benzene rings is 1. The molecular formula is C13H14N2O2S. The van der Waals surface area contributed by atoms with E-state index in [1.807, 2.05) is 6.07 Å². The molecule has 2 rings (SSSR count). The number of carbonyl (C=O) groups is 1. The molecule has 0 saturated carbocycles. The number of aryl methyl sites for hydroxylation is 1. The van der Waals surface area contributed by atoms with Gasteiger partial charge >= 0.3 is 5.97 Å². The van der Waals surface area contributed by atoms with Gasteiger partial charge in [0.25, 0.3) is 0 Å². The summed E-state index contributed by atoms with van der Waals surface area (Å²) in [5, 5.41) is 10.5. The highest BCUT2D eigenvalue weighted by Gasteiger charge is 2.06. The highest BCUT2D eigenvalue weighted by atomic mass is 32.2. The first-order valence-electron chi connectivity index (χ1n) is 5.79. The molecule has 0 fully saturated rings. The van der Waals surface area contributed by atoms with E-state index < -0.39 is 5.97 Å². The van der Waals surface area contributed by atoms with Gasteiger partial charge in [0.2, 0.25) is 0 Å². The van der Waals surface area contributed by atoms with Crippen molar-refractivity contribution in [3.63, 3.8) is 0 Å². The number of fused-ring (bicyclic) bond motifs is 1. The van der Waals surface area contributed by atoms with Crippen LogP contribution < -0.4 is 0 Å². The molecule has 1 aromatic heterocycles. The maximum atomic E-state index is 10.5. The number of thioether (sulfide) groups is 1. The van der Waals surface area contributed by atoms with Crippen molar-refractivity contribution in [1.29, 1.82) is 0 Å². The predicted molar refractivity (Wildman–Crippen MR) is 71.9 cm³/mol. The van der Waals surface area contributed by atoms with Gasteiger partial charge in [-0.3, -0.25) is 4.79 Å². The second-order valence-corrected chi connectivity index (χ2v) is 4.96. The van der Waals surface area contributed by atoms with Crippen molar-refractivity contribution in [2.45, 2.75) is 24.8 Å². The summed E-state index contributed by atoms with van der Waals surface area (Å²) in [6.07, 6.45) is 2.63. The fourth-order valence-electron chi connectivity index (χ4n) is 1.65. The predicted octanol–water partition coefficient (Wildman–Crippen LogP) is 2.76. The van der Waals surface area contributed by atoms with Gasteiger partial charge in [-0.15, -0.1) is 11.8 Å². The Labute approximate surface area is 109 Å². The summed E-state index contributed by atoms with van der Waals surface area (Å²) in [5.74, 6) is -0.257. The van der Waals surface area contributed by atoms with Crippen molar-refractivity contribution in [1.82, 2.24) is 9.97 Å². The van der Waals surface area contributed by atoms with E-state index in [2.05, 4.69) is 29.0 Å². The molecule has 0 radical (unpaired) electrons. The van der Waals surface area contributed by atoms with Crippen LogP contribution in [0.4, 0.5) is 0 Å². The second kappa shape index (κ2) is 5.82. The van der Waals surface area contributed by atoms with Crippen LogP contribution in [0.3, 0.4) is 0 Å².